The Labute approximate surface area is 244 Å². The van der Waals surface area contributed by atoms with Gasteiger partial charge in [-0.3, -0.25) is 9.59 Å². The Morgan fingerprint density at radius 3 is 2.29 bits per heavy atom. The van der Waals surface area contributed by atoms with E-state index >= 15 is 0 Å². The highest BCUT2D eigenvalue weighted by molar-refractivity contribution is 7.90. The summed E-state index contributed by atoms with van der Waals surface area (Å²) in [5.41, 5.74) is 3.66. The molecule has 0 bridgehead atoms. The molecule has 11 heteroatoms. The van der Waals surface area contributed by atoms with Crippen LogP contribution in [0.5, 0.6) is 5.75 Å². The number of carbonyl (C=O) groups excluding carboxylic acids is 2. The van der Waals surface area contributed by atoms with Crippen molar-refractivity contribution in [3.8, 4) is 5.75 Å². The Morgan fingerprint density at radius 1 is 0.976 bits per heavy atom. The highest BCUT2D eigenvalue weighted by Crippen LogP contribution is 2.30. The number of fused-ring (bicyclic) bond motifs is 1. The first-order valence-corrected chi connectivity index (χ1v) is 15.4. The Bertz CT molecular complexity index is 1670. The van der Waals surface area contributed by atoms with E-state index in [0.717, 1.165) is 29.3 Å². The average molecular weight is 595 g/mol. The third-order valence-corrected chi connectivity index (χ3v) is 8.48. The third kappa shape index (κ3) is 6.91. The second kappa shape index (κ2) is 12.0. The largest absolute Gasteiger partial charge is 0.475 e. The molecular formula is C30H34N4O5S2. The normalized spacial score (nSPS) is 12.6. The summed E-state index contributed by atoms with van der Waals surface area (Å²) in [6.45, 7) is 8.09. The second-order valence-corrected chi connectivity index (χ2v) is 13.2. The molecule has 0 spiro atoms. The zero-order valence-electron chi connectivity index (χ0n) is 24.0. The molecule has 4 aromatic rings. The lowest BCUT2D eigenvalue weighted by molar-refractivity contribution is -0.126. The Kier molecular flexibility index (Phi) is 8.79. The zero-order chi connectivity index (χ0) is 29.9. The Balaban J connectivity index is 1.71. The summed E-state index contributed by atoms with van der Waals surface area (Å²) >= 11 is 1.04. The quantitative estimate of drug-likeness (QED) is 0.281. The maximum Gasteiger partial charge on any atom is 0.279 e. The zero-order valence-corrected chi connectivity index (χ0v) is 25.6. The van der Waals surface area contributed by atoms with Crippen molar-refractivity contribution in [2.45, 2.75) is 57.0 Å². The van der Waals surface area contributed by atoms with Gasteiger partial charge in [-0.2, -0.15) is 8.75 Å². The van der Waals surface area contributed by atoms with Gasteiger partial charge in [-0.15, -0.1) is 0 Å². The minimum Gasteiger partial charge on any atom is -0.475 e. The van der Waals surface area contributed by atoms with Gasteiger partial charge in [0.15, 0.2) is 0 Å². The van der Waals surface area contributed by atoms with E-state index in [4.69, 9.17) is 4.74 Å². The molecule has 0 saturated heterocycles. The molecule has 216 valence electrons. The number of aromatic nitrogens is 2. The van der Waals surface area contributed by atoms with Crippen LogP contribution >= 0.6 is 11.7 Å². The van der Waals surface area contributed by atoms with Crippen molar-refractivity contribution in [2.24, 2.45) is 0 Å². The number of benzene rings is 3. The minimum absolute atomic E-state index is 0.0324. The van der Waals surface area contributed by atoms with Crippen LogP contribution < -0.4 is 9.46 Å². The first-order valence-electron chi connectivity index (χ1n) is 13.2. The maximum absolute atomic E-state index is 13.7. The number of nitrogens with one attached hydrogen (secondary N) is 1. The van der Waals surface area contributed by atoms with Crippen molar-refractivity contribution in [3.63, 3.8) is 0 Å². The van der Waals surface area contributed by atoms with Crippen molar-refractivity contribution >= 4 is 44.6 Å². The van der Waals surface area contributed by atoms with Gasteiger partial charge < -0.3 is 9.64 Å². The van der Waals surface area contributed by atoms with Crippen LogP contribution in [0.15, 0.2) is 65.6 Å². The summed E-state index contributed by atoms with van der Waals surface area (Å²) < 4.78 is 43.5. The summed E-state index contributed by atoms with van der Waals surface area (Å²) in [6.07, 6.45) is 0.0317. The number of ether oxygens (including phenoxy) is 1. The van der Waals surface area contributed by atoms with E-state index in [1.807, 2.05) is 27.7 Å². The molecule has 9 nitrogen and oxygen atoms in total. The maximum atomic E-state index is 13.7. The molecule has 0 saturated carbocycles. The molecule has 0 aliphatic carbocycles. The van der Waals surface area contributed by atoms with Crippen LogP contribution in [0.4, 0.5) is 0 Å². The molecule has 1 aromatic heterocycles. The fourth-order valence-corrected chi connectivity index (χ4v) is 5.79. The summed E-state index contributed by atoms with van der Waals surface area (Å²) in [5.74, 6) is -0.637. The molecule has 0 radical (unpaired) electrons. The summed E-state index contributed by atoms with van der Waals surface area (Å²) in [6, 6.07) is 16.5. The molecule has 4 rings (SSSR count). The van der Waals surface area contributed by atoms with Crippen LogP contribution in [0.3, 0.4) is 0 Å². The highest BCUT2D eigenvalue weighted by atomic mass is 32.2. The van der Waals surface area contributed by atoms with Crippen molar-refractivity contribution in [3.05, 3.63) is 82.9 Å². The van der Waals surface area contributed by atoms with E-state index in [2.05, 4.69) is 13.5 Å². The van der Waals surface area contributed by atoms with E-state index in [-0.39, 0.29) is 16.2 Å². The van der Waals surface area contributed by atoms with Gasteiger partial charge in [-0.05, 0) is 65.4 Å². The van der Waals surface area contributed by atoms with Gasteiger partial charge in [0.2, 0.25) is 6.10 Å². The highest BCUT2D eigenvalue weighted by Gasteiger charge is 2.29. The van der Waals surface area contributed by atoms with Crippen LogP contribution in [0.2, 0.25) is 0 Å². The monoisotopic (exact) mass is 594 g/mol. The van der Waals surface area contributed by atoms with Crippen molar-refractivity contribution in [1.82, 2.24) is 18.4 Å². The molecule has 1 heterocycles. The lowest BCUT2D eigenvalue weighted by Crippen LogP contribution is -2.37. The van der Waals surface area contributed by atoms with Crippen LogP contribution in [0, 0.1) is 0 Å². The van der Waals surface area contributed by atoms with Crippen LogP contribution in [0.25, 0.3) is 11.0 Å². The fraction of sp³-hybridized carbons (Fsp3) is 0.333. The van der Waals surface area contributed by atoms with Crippen LogP contribution in [-0.2, 0) is 26.7 Å². The van der Waals surface area contributed by atoms with Gasteiger partial charge in [0, 0.05) is 25.2 Å². The second-order valence-electron chi connectivity index (χ2n) is 11.0. The van der Waals surface area contributed by atoms with E-state index in [0.29, 0.717) is 34.3 Å². The summed E-state index contributed by atoms with van der Waals surface area (Å²) in [4.78, 5) is 27.7. The van der Waals surface area contributed by atoms with Gasteiger partial charge in [0.25, 0.3) is 21.8 Å². The number of hydrogen-bond acceptors (Lipinski definition) is 8. The minimum atomic E-state index is -4.20. The number of amides is 2. The molecule has 0 aliphatic heterocycles. The molecule has 1 N–H and O–H groups in total. The van der Waals surface area contributed by atoms with Gasteiger partial charge in [-0.1, -0.05) is 52.3 Å². The SMILES string of the molecule is CCCc1cc(C(=O)N(C)C)ccc1OC(C(=O)NS(=O)(=O)c1ccc(C(C)(C)C)cc1)c1ccc2nsnc2c1. The Hall–Kier alpha value is -3.83. The number of rotatable bonds is 9. The van der Waals surface area contributed by atoms with Crippen LogP contribution in [0.1, 0.15) is 67.3 Å². The predicted molar refractivity (Wildman–Crippen MR) is 160 cm³/mol. The van der Waals surface area contributed by atoms with E-state index in [1.165, 1.54) is 17.0 Å². The molecule has 1 atom stereocenters. The molecule has 1 unspecified atom stereocenters. The van der Waals surface area contributed by atoms with Gasteiger partial charge >= 0.3 is 0 Å². The third-order valence-electron chi connectivity index (χ3n) is 6.56. The van der Waals surface area contributed by atoms with E-state index in [1.54, 1.807) is 62.6 Å². The number of aryl methyl sites for hydroxylation is 1. The average Bonchev–Trinajstić information content (AvgIpc) is 3.39. The smallest absolute Gasteiger partial charge is 0.279 e. The molecule has 0 fully saturated rings. The predicted octanol–water partition coefficient (Wildman–Crippen LogP) is 5.27. The van der Waals surface area contributed by atoms with Gasteiger partial charge in [0.05, 0.1) is 16.6 Å². The number of sulfonamides is 1. The number of hydrogen-bond donors (Lipinski definition) is 1. The van der Waals surface area contributed by atoms with Crippen molar-refractivity contribution in [2.75, 3.05) is 14.1 Å². The van der Waals surface area contributed by atoms with Gasteiger partial charge in [0.1, 0.15) is 16.8 Å². The first-order chi connectivity index (χ1) is 19.3. The standard InChI is InChI=1S/C30H34N4O5S2/c1-7-8-19-17-21(29(36)34(5)6)10-16-26(19)39-27(20-9-15-24-25(18-20)32-40-31-24)28(35)33-41(37,38)23-13-11-22(12-14-23)30(2,3)4/h9-18,27H,7-8H2,1-6H3,(H,33,35). The Morgan fingerprint density at radius 2 is 1.66 bits per heavy atom. The summed E-state index contributed by atoms with van der Waals surface area (Å²) in [5, 5.41) is 0. The van der Waals surface area contributed by atoms with Gasteiger partial charge in [-0.25, -0.2) is 13.1 Å². The number of carbonyl (C=O) groups is 2. The van der Waals surface area contributed by atoms with E-state index < -0.39 is 22.0 Å². The lowest BCUT2D eigenvalue weighted by atomic mass is 9.87. The molecule has 3 aromatic carbocycles. The lowest BCUT2D eigenvalue weighted by Gasteiger charge is -2.22. The number of nitrogens with zero attached hydrogens (tertiary/aromatic N) is 3. The van der Waals surface area contributed by atoms with Crippen LogP contribution in [-0.4, -0.2) is 48.0 Å². The molecule has 2 amide bonds. The molecule has 41 heavy (non-hydrogen) atoms. The topological polar surface area (TPSA) is 119 Å². The summed E-state index contributed by atoms with van der Waals surface area (Å²) in [7, 11) is -0.855. The molecular weight excluding hydrogens is 560 g/mol. The van der Waals surface area contributed by atoms with E-state index in [9.17, 15) is 18.0 Å². The first kappa shape index (κ1) is 30.1. The molecule has 0 aliphatic rings. The fourth-order valence-electron chi connectivity index (χ4n) is 4.29. The van der Waals surface area contributed by atoms with Crippen molar-refractivity contribution < 1.29 is 22.7 Å². The van der Waals surface area contributed by atoms with Crippen molar-refractivity contribution in [1.29, 1.82) is 0 Å².